The molecule has 0 saturated carbocycles. The minimum Gasteiger partial charge on any atom is -0.496 e. The molecular formula is C23H28N2O2. The number of aromatic amines is 1. The van der Waals surface area contributed by atoms with Gasteiger partial charge in [-0.1, -0.05) is 26.0 Å². The van der Waals surface area contributed by atoms with Crippen LogP contribution in [0.15, 0.2) is 35.1 Å². The Morgan fingerprint density at radius 1 is 1.07 bits per heavy atom. The Hall–Kier alpha value is -2.75. The van der Waals surface area contributed by atoms with E-state index in [1.165, 1.54) is 5.56 Å². The molecule has 0 radical (unpaired) electrons. The average molecular weight is 364 g/mol. The lowest BCUT2D eigenvalue weighted by atomic mass is 9.99. The van der Waals surface area contributed by atoms with Crippen LogP contribution >= 0.6 is 0 Å². The van der Waals surface area contributed by atoms with Crippen molar-refractivity contribution < 1.29 is 4.74 Å². The van der Waals surface area contributed by atoms with Crippen LogP contribution in [0.4, 0.5) is 5.69 Å². The van der Waals surface area contributed by atoms with Gasteiger partial charge in [0, 0.05) is 17.8 Å². The number of aromatic nitrogens is 1. The SMILES string of the molecule is COc1cc(C)c(NCc2cc3ccc(C)c(C)c3[nH]c2=O)cc1C(C)C. The van der Waals surface area contributed by atoms with Gasteiger partial charge in [-0.15, -0.1) is 0 Å². The van der Waals surface area contributed by atoms with E-state index in [1.807, 2.05) is 19.9 Å². The first-order valence-corrected chi connectivity index (χ1v) is 9.36. The van der Waals surface area contributed by atoms with Gasteiger partial charge in [-0.3, -0.25) is 4.79 Å². The highest BCUT2D eigenvalue weighted by Crippen LogP contribution is 2.32. The standard InChI is InChI=1S/C23H28N2O2/c1-13(2)19-11-20(15(4)9-21(19)27-6)24-12-18-10-17-8-7-14(3)16(5)22(17)25-23(18)26/h7-11,13,24H,12H2,1-6H3,(H,25,26). The Morgan fingerprint density at radius 2 is 1.81 bits per heavy atom. The summed E-state index contributed by atoms with van der Waals surface area (Å²) in [6, 6.07) is 10.3. The van der Waals surface area contributed by atoms with Crippen molar-refractivity contribution in [3.8, 4) is 5.75 Å². The fourth-order valence-corrected chi connectivity index (χ4v) is 3.41. The van der Waals surface area contributed by atoms with Gasteiger partial charge in [-0.25, -0.2) is 0 Å². The van der Waals surface area contributed by atoms with E-state index in [0.29, 0.717) is 12.5 Å². The molecule has 3 aromatic rings. The molecule has 4 nitrogen and oxygen atoms in total. The van der Waals surface area contributed by atoms with Crippen molar-refractivity contribution in [3.63, 3.8) is 0 Å². The number of H-pyrrole nitrogens is 1. The summed E-state index contributed by atoms with van der Waals surface area (Å²) in [5.74, 6) is 1.26. The van der Waals surface area contributed by atoms with Crippen molar-refractivity contribution in [1.82, 2.24) is 4.98 Å². The van der Waals surface area contributed by atoms with E-state index in [4.69, 9.17) is 4.74 Å². The van der Waals surface area contributed by atoms with Crippen LogP contribution in [-0.2, 0) is 6.54 Å². The number of nitrogens with one attached hydrogen (secondary N) is 2. The quantitative estimate of drug-likeness (QED) is 0.654. The molecule has 0 aliphatic heterocycles. The zero-order valence-corrected chi connectivity index (χ0v) is 17.0. The summed E-state index contributed by atoms with van der Waals surface area (Å²) in [5.41, 5.74) is 7.19. The number of anilines is 1. The highest BCUT2D eigenvalue weighted by Gasteiger charge is 2.12. The van der Waals surface area contributed by atoms with E-state index >= 15 is 0 Å². The highest BCUT2D eigenvalue weighted by atomic mass is 16.5. The molecule has 0 aliphatic carbocycles. The summed E-state index contributed by atoms with van der Waals surface area (Å²) in [7, 11) is 1.70. The minimum absolute atomic E-state index is 0.0426. The van der Waals surface area contributed by atoms with E-state index in [-0.39, 0.29) is 5.56 Å². The van der Waals surface area contributed by atoms with E-state index in [0.717, 1.165) is 44.6 Å². The van der Waals surface area contributed by atoms with Crippen molar-refractivity contribution in [2.75, 3.05) is 12.4 Å². The third kappa shape index (κ3) is 3.70. The van der Waals surface area contributed by atoms with Crippen LogP contribution in [0.25, 0.3) is 10.9 Å². The molecule has 27 heavy (non-hydrogen) atoms. The predicted molar refractivity (Wildman–Crippen MR) is 113 cm³/mol. The Bertz CT molecular complexity index is 1050. The number of pyridine rings is 1. The largest absolute Gasteiger partial charge is 0.496 e. The Kier molecular flexibility index (Phi) is 5.26. The van der Waals surface area contributed by atoms with E-state index < -0.39 is 0 Å². The number of methoxy groups -OCH3 is 1. The van der Waals surface area contributed by atoms with Crippen LogP contribution in [0, 0.1) is 20.8 Å². The van der Waals surface area contributed by atoms with Gasteiger partial charge in [0.1, 0.15) is 5.75 Å². The number of rotatable bonds is 5. The van der Waals surface area contributed by atoms with E-state index in [9.17, 15) is 4.79 Å². The zero-order chi connectivity index (χ0) is 19.7. The molecule has 3 rings (SSSR count). The summed E-state index contributed by atoms with van der Waals surface area (Å²) in [4.78, 5) is 15.6. The maximum absolute atomic E-state index is 12.6. The van der Waals surface area contributed by atoms with Crippen LogP contribution in [0.1, 0.15) is 47.6 Å². The molecule has 0 unspecified atom stereocenters. The fraction of sp³-hybridized carbons (Fsp3) is 0.348. The van der Waals surface area contributed by atoms with Crippen molar-refractivity contribution in [2.24, 2.45) is 0 Å². The molecule has 0 aliphatic rings. The van der Waals surface area contributed by atoms with Crippen LogP contribution in [0.5, 0.6) is 5.75 Å². The lowest BCUT2D eigenvalue weighted by Gasteiger charge is -2.17. The number of hydrogen-bond donors (Lipinski definition) is 2. The van der Waals surface area contributed by atoms with E-state index in [2.05, 4.69) is 55.3 Å². The molecule has 2 N–H and O–H groups in total. The van der Waals surface area contributed by atoms with Crippen molar-refractivity contribution in [3.05, 3.63) is 68.5 Å². The van der Waals surface area contributed by atoms with Gasteiger partial charge in [0.2, 0.25) is 0 Å². The maximum Gasteiger partial charge on any atom is 0.253 e. The molecule has 0 fully saturated rings. The van der Waals surface area contributed by atoms with Crippen LogP contribution in [0.2, 0.25) is 0 Å². The first-order valence-electron chi connectivity index (χ1n) is 9.36. The molecule has 1 aromatic heterocycles. The van der Waals surface area contributed by atoms with Gasteiger partial charge in [-0.2, -0.15) is 0 Å². The molecule has 2 aromatic carbocycles. The summed E-state index contributed by atoms with van der Waals surface area (Å²) >= 11 is 0. The summed E-state index contributed by atoms with van der Waals surface area (Å²) < 4.78 is 5.51. The molecule has 4 heteroatoms. The second-order valence-corrected chi connectivity index (χ2v) is 7.51. The molecule has 142 valence electrons. The van der Waals surface area contributed by atoms with Gasteiger partial charge in [0.15, 0.2) is 0 Å². The number of benzene rings is 2. The van der Waals surface area contributed by atoms with Gasteiger partial charge in [-0.05, 0) is 72.5 Å². The molecule has 0 saturated heterocycles. The lowest BCUT2D eigenvalue weighted by Crippen LogP contribution is -2.16. The van der Waals surface area contributed by atoms with Gasteiger partial charge in [0.05, 0.1) is 12.6 Å². The second-order valence-electron chi connectivity index (χ2n) is 7.51. The van der Waals surface area contributed by atoms with Crippen molar-refractivity contribution >= 4 is 16.6 Å². The third-order valence-electron chi connectivity index (χ3n) is 5.30. The maximum atomic E-state index is 12.6. The number of fused-ring (bicyclic) bond motifs is 1. The molecule has 0 bridgehead atoms. The number of aryl methyl sites for hydroxylation is 3. The minimum atomic E-state index is -0.0426. The smallest absolute Gasteiger partial charge is 0.253 e. The molecular weight excluding hydrogens is 336 g/mol. The lowest BCUT2D eigenvalue weighted by molar-refractivity contribution is 0.407. The van der Waals surface area contributed by atoms with Crippen LogP contribution < -0.4 is 15.6 Å². The zero-order valence-electron chi connectivity index (χ0n) is 17.0. The van der Waals surface area contributed by atoms with Crippen LogP contribution in [-0.4, -0.2) is 12.1 Å². The first-order chi connectivity index (χ1) is 12.8. The van der Waals surface area contributed by atoms with Crippen molar-refractivity contribution in [1.29, 1.82) is 0 Å². The second kappa shape index (κ2) is 7.47. The van der Waals surface area contributed by atoms with Gasteiger partial charge in [0.25, 0.3) is 5.56 Å². The van der Waals surface area contributed by atoms with E-state index in [1.54, 1.807) is 7.11 Å². The van der Waals surface area contributed by atoms with Crippen LogP contribution in [0.3, 0.4) is 0 Å². The number of hydrogen-bond acceptors (Lipinski definition) is 3. The van der Waals surface area contributed by atoms with Gasteiger partial charge >= 0.3 is 0 Å². The first kappa shape index (κ1) is 19.0. The number of ether oxygens (including phenoxy) is 1. The third-order valence-corrected chi connectivity index (χ3v) is 5.30. The highest BCUT2D eigenvalue weighted by molar-refractivity contribution is 5.83. The fourth-order valence-electron chi connectivity index (χ4n) is 3.41. The Morgan fingerprint density at radius 3 is 2.48 bits per heavy atom. The normalized spacial score (nSPS) is 11.2. The van der Waals surface area contributed by atoms with Gasteiger partial charge < -0.3 is 15.0 Å². The molecule has 1 heterocycles. The summed E-state index contributed by atoms with van der Waals surface area (Å²) in [6.45, 7) is 10.9. The van der Waals surface area contributed by atoms with Crippen molar-refractivity contribution in [2.45, 2.75) is 47.1 Å². The summed E-state index contributed by atoms with van der Waals surface area (Å²) in [6.07, 6.45) is 0. The molecule has 0 amide bonds. The summed E-state index contributed by atoms with van der Waals surface area (Å²) in [5, 5.41) is 4.49. The molecule has 0 spiro atoms. The Labute approximate surface area is 160 Å². The predicted octanol–water partition coefficient (Wildman–Crippen LogP) is 5.20. The Balaban J connectivity index is 1.93. The molecule has 0 atom stereocenters. The average Bonchev–Trinajstić information content (AvgIpc) is 2.64. The monoisotopic (exact) mass is 364 g/mol. The topological polar surface area (TPSA) is 54.1 Å².